The smallest absolute Gasteiger partial charge is 0.217 e. The summed E-state index contributed by atoms with van der Waals surface area (Å²) in [6.45, 7) is 0. The van der Waals surface area contributed by atoms with E-state index in [1.807, 2.05) is 6.07 Å². The van der Waals surface area contributed by atoms with Crippen molar-refractivity contribution in [2.75, 3.05) is 0 Å². The van der Waals surface area contributed by atoms with Gasteiger partial charge in [-0.05, 0) is 41.4 Å². The van der Waals surface area contributed by atoms with Crippen LogP contribution in [0, 0.1) is 0 Å². The number of hydrogen-bond donors (Lipinski definition) is 0. The van der Waals surface area contributed by atoms with E-state index in [9.17, 15) is 0 Å². The molecule has 4 aromatic rings. The second-order valence-electron chi connectivity index (χ2n) is 8.71. The molecule has 2 aliphatic rings. The first-order valence-electron chi connectivity index (χ1n) is 12.0. The van der Waals surface area contributed by atoms with Gasteiger partial charge in [0.25, 0.3) is 0 Å². The molecule has 0 aromatic heterocycles. The monoisotopic (exact) mass is 471 g/mol. The third-order valence-electron chi connectivity index (χ3n) is 6.49. The molecule has 4 aromatic carbocycles. The summed E-state index contributed by atoms with van der Waals surface area (Å²) in [5.74, 6) is 0.760. The van der Waals surface area contributed by atoms with Crippen molar-refractivity contribution in [1.29, 1.82) is 0 Å². The Kier molecular flexibility index (Phi) is 6.13. The summed E-state index contributed by atoms with van der Waals surface area (Å²) in [7, 11) is -0.688. The molecule has 170 valence electrons. The van der Waals surface area contributed by atoms with E-state index in [0.717, 1.165) is 23.5 Å². The Morgan fingerprint density at radius 3 is 1.71 bits per heavy atom. The number of aliphatic imine (C=N–C) groups is 1. The summed E-state index contributed by atoms with van der Waals surface area (Å²) in [6, 6.07) is 42.6. The van der Waals surface area contributed by atoms with E-state index < -0.39 is 7.92 Å². The van der Waals surface area contributed by atoms with E-state index in [4.69, 9.17) is 9.73 Å². The molecular weight excluding hydrogens is 445 g/mol. The zero-order chi connectivity index (χ0) is 23.5. The lowest BCUT2D eigenvalue weighted by Crippen LogP contribution is -2.15. The highest BCUT2D eigenvalue weighted by Crippen LogP contribution is 2.51. The Balaban J connectivity index is 1.46. The lowest BCUT2D eigenvalue weighted by molar-refractivity contribution is 0.197. The number of hydrogen-bond acceptors (Lipinski definition) is 2. The summed E-state index contributed by atoms with van der Waals surface area (Å²) in [5.41, 5.74) is 3.47. The maximum absolute atomic E-state index is 6.70. The van der Waals surface area contributed by atoms with E-state index in [0.29, 0.717) is 0 Å². The van der Waals surface area contributed by atoms with Crippen LogP contribution in [0.5, 0.6) is 0 Å². The fourth-order valence-corrected chi connectivity index (χ4v) is 7.41. The molecule has 0 unspecified atom stereocenters. The normalized spacial score (nSPS) is 19.2. The van der Waals surface area contributed by atoms with Crippen LogP contribution in [0.2, 0.25) is 0 Å². The summed E-state index contributed by atoms with van der Waals surface area (Å²) in [6.07, 6.45) is 5.24. The molecule has 0 bridgehead atoms. The maximum Gasteiger partial charge on any atom is 0.217 e. The van der Waals surface area contributed by atoms with Crippen LogP contribution in [0.1, 0.15) is 29.7 Å². The van der Waals surface area contributed by atoms with Crippen molar-refractivity contribution in [3.8, 4) is 0 Å². The van der Waals surface area contributed by atoms with E-state index >= 15 is 0 Å². The molecule has 0 amide bonds. The predicted molar refractivity (Wildman–Crippen MR) is 147 cm³/mol. The van der Waals surface area contributed by atoms with Gasteiger partial charge in [0, 0.05) is 5.57 Å². The van der Waals surface area contributed by atoms with E-state index in [2.05, 4.69) is 127 Å². The minimum absolute atomic E-state index is 0.0731. The van der Waals surface area contributed by atoms with Gasteiger partial charge in [0.05, 0.1) is 0 Å². The first-order valence-corrected chi connectivity index (χ1v) is 13.4. The van der Waals surface area contributed by atoms with Crippen LogP contribution in [0.3, 0.4) is 0 Å². The van der Waals surface area contributed by atoms with Crippen molar-refractivity contribution in [3.05, 3.63) is 155 Å². The zero-order valence-electron chi connectivity index (χ0n) is 19.4. The van der Waals surface area contributed by atoms with E-state index in [-0.39, 0.29) is 12.1 Å². The highest BCUT2D eigenvalue weighted by atomic mass is 31.1. The number of rotatable bonds is 6. The molecule has 2 atom stereocenters. The summed E-state index contributed by atoms with van der Waals surface area (Å²) in [4.78, 5) is 5.21. The molecule has 1 aliphatic heterocycles. The van der Waals surface area contributed by atoms with Gasteiger partial charge in [0.15, 0.2) is 6.10 Å². The first-order chi connectivity index (χ1) is 17.4. The Hall–Kier alpha value is -3.74. The largest absolute Gasteiger partial charge is 0.467 e. The Morgan fingerprint density at radius 2 is 1.14 bits per heavy atom. The molecule has 1 aliphatic carbocycles. The SMILES string of the molecule is C1=CC(C2=N[C@@H](c3ccccc3)[C@@H](c3ccccc3)O2)=C(P(c2ccccc2)c2ccccc2)C1. The van der Waals surface area contributed by atoms with Gasteiger partial charge in [-0.1, -0.05) is 133 Å². The van der Waals surface area contributed by atoms with Gasteiger partial charge in [-0.25, -0.2) is 4.99 Å². The Bertz CT molecular complexity index is 1340. The van der Waals surface area contributed by atoms with Crippen molar-refractivity contribution in [2.24, 2.45) is 4.99 Å². The van der Waals surface area contributed by atoms with E-state index in [1.165, 1.54) is 21.5 Å². The molecule has 2 nitrogen and oxygen atoms in total. The molecule has 3 heteroatoms. The van der Waals surface area contributed by atoms with E-state index in [1.54, 1.807) is 0 Å². The second-order valence-corrected chi connectivity index (χ2v) is 11.0. The predicted octanol–water partition coefficient (Wildman–Crippen LogP) is 7.24. The molecule has 0 saturated carbocycles. The van der Waals surface area contributed by atoms with Crippen LogP contribution in [-0.2, 0) is 4.74 Å². The van der Waals surface area contributed by atoms with Gasteiger partial charge in [-0.2, -0.15) is 0 Å². The Morgan fingerprint density at radius 1 is 0.629 bits per heavy atom. The Labute approximate surface area is 208 Å². The average molecular weight is 472 g/mol. The topological polar surface area (TPSA) is 21.6 Å². The van der Waals surface area contributed by atoms with Crippen molar-refractivity contribution in [1.82, 2.24) is 0 Å². The van der Waals surface area contributed by atoms with Gasteiger partial charge >= 0.3 is 0 Å². The van der Waals surface area contributed by atoms with Gasteiger partial charge in [0.2, 0.25) is 5.90 Å². The van der Waals surface area contributed by atoms with Crippen LogP contribution in [-0.4, -0.2) is 5.90 Å². The number of nitrogens with zero attached hydrogens (tertiary/aromatic N) is 1. The minimum Gasteiger partial charge on any atom is -0.467 e. The summed E-state index contributed by atoms with van der Waals surface area (Å²) < 4.78 is 6.70. The van der Waals surface area contributed by atoms with Crippen LogP contribution < -0.4 is 10.6 Å². The first kappa shape index (κ1) is 21.8. The molecule has 0 fully saturated rings. The molecule has 35 heavy (non-hydrogen) atoms. The van der Waals surface area contributed by atoms with Gasteiger partial charge in [0.1, 0.15) is 6.04 Å². The van der Waals surface area contributed by atoms with Gasteiger partial charge in [-0.15, -0.1) is 0 Å². The van der Waals surface area contributed by atoms with Gasteiger partial charge in [-0.3, -0.25) is 0 Å². The van der Waals surface area contributed by atoms with Gasteiger partial charge < -0.3 is 4.74 Å². The minimum atomic E-state index is -0.688. The zero-order valence-corrected chi connectivity index (χ0v) is 20.3. The lowest BCUT2D eigenvalue weighted by atomic mass is 9.97. The van der Waals surface area contributed by atoms with Crippen LogP contribution in [0.4, 0.5) is 0 Å². The fourth-order valence-electron chi connectivity index (χ4n) is 4.85. The average Bonchev–Trinajstić information content (AvgIpc) is 3.59. The second kappa shape index (κ2) is 9.86. The summed E-state index contributed by atoms with van der Waals surface area (Å²) >= 11 is 0. The molecule has 0 spiro atoms. The number of allylic oxidation sites excluding steroid dienone is 2. The highest BCUT2D eigenvalue weighted by molar-refractivity contribution is 7.76. The van der Waals surface area contributed by atoms with Crippen LogP contribution >= 0.6 is 7.92 Å². The van der Waals surface area contributed by atoms with Crippen LogP contribution in [0.25, 0.3) is 0 Å². The standard InChI is InChI=1S/C32H26NOP/c1-5-14-24(15-6-1)30-31(25-16-7-2-8-17-25)34-32(33-30)28-22-13-23-29(28)35(26-18-9-3-10-19-26)27-20-11-4-12-21-27/h1-22,30-31H,23H2/t30-,31+/m0/s1. The molecular formula is C32H26NOP. The van der Waals surface area contributed by atoms with Crippen molar-refractivity contribution in [2.45, 2.75) is 18.6 Å². The third kappa shape index (κ3) is 4.38. The fraction of sp³-hybridized carbons (Fsp3) is 0.0938. The highest BCUT2D eigenvalue weighted by Gasteiger charge is 2.36. The van der Waals surface area contributed by atoms with Crippen LogP contribution in [0.15, 0.2) is 149 Å². The molecule has 6 rings (SSSR count). The number of benzene rings is 4. The number of ether oxygens (including phenoxy) is 1. The van der Waals surface area contributed by atoms with Crippen molar-refractivity contribution in [3.63, 3.8) is 0 Å². The lowest BCUT2D eigenvalue weighted by Gasteiger charge is -2.22. The van der Waals surface area contributed by atoms with Crippen molar-refractivity contribution < 1.29 is 4.74 Å². The molecule has 0 radical (unpaired) electrons. The quantitative estimate of drug-likeness (QED) is 0.272. The molecule has 0 N–H and O–H groups in total. The molecule has 1 heterocycles. The molecule has 0 saturated heterocycles. The third-order valence-corrected chi connectivity index (χ3v) is 9.08. The summed E-state index contributed by atoms with van der Waals surface area (Å²) in [5, 5.41) is 4.10. The van der Waals surface area contributed by atoms with Crippen molar-refractivity contribution >= 4 is 24.4 Å². The maximum atomic E-state index is 6.70.